The first-order valence-electron chi connectivity index (χ1n) is 11.4. The van der Waals surface area contributed by atoms with E-state index < -0.39 is 81.4 Å². The Labute approximate surface area is 231 Å². The second-order valence-electron chi connectivity index (χ2n) is 8.11. The number of benzene rings is 4. The Morgan fingerprint density at radius 2 is 0.643 bits per heavy atom. The van der Waals surface area contributed by atoms with Crippen LogP contribution in [-0.4, -0.2) is 0 Å². The summed E-state index contributed by atoms with van der Waals surface area (Å²) in [6, 6.07) is 15.1. The summed E-state index contributed by atoms with van der Waals surface area (Å²) in [5.41, 5.74) is -1.82. The lowest BCUT2D eigenvalue weighted by Crippen LogP contribution is -2.16. The number of nitrogens with zero attached hydrogens (tertiary/aromatic N) is 2. The predicted molar refractivity (Wildman–Crippen MR) is 129 cm³/mol. The molecular formula is C28H14F10N4. The van der Waals surface area contributed by atoms with Crippen molar-refractivity contribution in [2.75, 3.05) is 10.6 Å². The van der Waals surface area contributed by atoms with Gasteiger partial charge in [0.25, 0.3) is 0 Å². The lowest BCUT2D eigenvalue weighted by Gasteiger charge is -2.15. The van der Waals surface area contributed by atoms with Crippen molar-refractivity contribution in [1.29, 1.82) is 10.5 Å². The molecule has 4 aromatic carbocycles. The number of para-hydroxylation sites is 2. The molecule has 0 spiro atoms. The summed E-state index contributed by atoms with van der Waals surface area (Å²) in [7, 11) is 0. The van der Waals surface area contributed by atoms with Gasteiger partial charge in [-0.25, -0.2) is 43.9 Å². The third kappa shape index (κ3) is 6.39. The van der Waals surface area contributed by atoms with Gasteiger partial charge in [-0.2, -0.15) is 10.5 Å². The molecule has 2 atom stereocenters. The molecule has 0 bridgehead atoms. The average molecular weight is 596 g/mol. The van der Waals surface area contributed by atoms with Gasteiger partial charge in [-0.05, 0) is 24.3 Å². The summed E-state index contributed by atoms with van der Waals surface area (Å²) < 4.78 is 133. The Morgan fingerprint density at radius 3 is 0.881 bits per heavy atom. The van der Waals surface area contributed by atoms with Crippen molar-refractivity contribution < 1.29 is 43.9 Å². The maximum Gasteiger partial charge on any atom is 0.200 e. The van der Waals surface area contributed by atoms with E-state index in [0.717, 1.165) is 0 Å². The molecule has 14 heteroatoms. The van der Waals surface area contributed by atoms with Gasteiger partial charge in [0, 0.05) is 11.4 Å². The summed E-state index contributed by atoms with van der Waals surface area (Å²) in [5.74, 6) is -21.0. The lowest BCUT2D eigenvalue weighted by atomic mass is 10.0. The van der Waals surface area contributed by atoms with E-state index in [0.29, 0.717) is 11.4 Å². The predicted octanol–water partition coefficient (Wildman–Crippen LogP) is 8.12. The third-order valence-corrected chi connectivity index (χ3v) is 5.49. The highest BCUT2D eigenvalue weighted by atomic mass is 19.2. The molecule has 0 saturated carbocycles. The average Bonchev–Trinajstić information content (AvgIpc) is 3.01. The van der Waals surface area contributed by atoms with Crippen molar-refractivity contribution in [3.05, 3.63) is 130 Å². The minimum atomic E-state index is -2.26. The number of hydrogen-bond donors (Lipinski definition) is 2. The van der Waals surface area contributed by atoms with Gasteiger partial charge in [-0.15, -0.1) is 0 Å². The Morgan fingerprint density at radius 1 is 0.405 bits per heavy atom. The summed E-state index contributed by atoms with van der Waals surface area (Å²) in [6.45, 7) is 0. The Hall–Kier alpha value is -5.24. The van der Waals surface area contributed by atoms with Crippen LogP contribution in [0.1, 0.15) is 23.2 Å². The van der Waals surface area contributed by atoms with Crippen molar-refractivity contribution in [1.82, 2.24) is 0 Å². The van der Waals surface area contributed by atoms with Crippen molar-refractivity contribution in [3.63, 3.8) is 0 Å². The van der Waals surface area contributed by atoms with Crippen LogP contribution in [0.3, 0.4) is 0 Å². The van der Waals surface area contributed by atoms with Gasteiger partial charge < -0.3 is 10.6 Å². The molecule has 0 amide bonds. The van der Waals surface area contributed by atoms with Gasteiger partial charge in [-0.3, -0.25) is 0 Å². The van der Waals surface area contributed by atoms with Gasteiger partial charge in [0.2, 0.25) is 11.6 Å². The normalized spacial score (nSPS) is 11.8. The van der Waals surface area contributed by atoms with E-state index in [1.165, 1.54) is 36.4 Å². The zero-order valence-electron chi connectivity index (χ0n) is 20.6. The van der Waals surface area contributed by atoms with Crippen LogP contribution in [0.25, 0.3) is 0 Å². The maximum atomic E-state index is 13.6. The van der Waals surface area contributed by atoms with Crippen molar-refractivity contribution in [2.24, 2.45) is 0 Å². The summed E-state index contributed by atoms with van der Waals surface area (Å²) in [6.07, 6.45) is 0. The quantitative estimate of drug-likeness (QED) is 0.134. The highest BCUT2D eigenvalue weighted by molar-refractivity contribution is 5.49. The number of halogens is 10. The van der Waals surface area contributed by atoms with Crippen LogP contribution in [0.5, 0.6) is 0 Å². The van der Waals surface area contributed by atoms with E-state index in [-0.39, 0.29) is 0 Å². The van der Waals surface area contributed by atoms with Crippen LogP contribution in [0.15, 0.2) is 60.7 Å². The zero-order chi connectivity index (χ0) is 31.1. The molecule has 0 aliphatic carbocycles. The molecular weight excluding hydrogens is 582 g/mol. The van der Waals surface area contributed by atoms with Crippen LogP contribution in [0.4, 0.5) is 55.3 Å². The molecule has 0 fully saturated rings. The molecule has 216 valence electrons. The smallest absolute Gasteiger partial charge is 0.200 e. The molecule has 0 aliphatic rings. The number of rotatable bonds is 6. The fourth-order valence-corrected chi connectivity index (χ4v) is 3.49. The van der Waals surface area contributed by atoms with E-state index in [1.54, 1.807) is 36.4 Å². The summed E-state index contributed by atoms with van der Waals surface area (Å²) in [4.78, 5) is 0. The standard InChI is InChI=1S/2C14H7F5N2/c2*15-10-9(11(16)13(18)14(19)12(10)17)8(6-20)21-7-4-2-1-3-5-7/h2*1-5,8,21H/t2*8-/m11/s1. The minimum absolute atomic E-state index is 0.299. The van der Waals surface area contributed by atoms with Crippen LogP contribution < -0.4 is 10.6 Å². The molecule has 2 N–H and O–H groups in total. The second kappa shape index (κ2) is 13.4. The molecule has 0 saturated heterocycles. The van der Waals surface area contributed by atoms with E-state index in [1.807, 2.05) is 0 Å². The molecule has 0 unspecified atom stereocenters. The van der Waals surface area contributed by atoms with Gasteiger partial charge >= 0.3 is 0 Å². The highest BCUT2D eigenvalue weighted by Crippen LogP contribution is 2.31. The van der Waals surface area contributed by atoms with Gasteiger partial charge in [0.15, 0.2) is 46.5 Å². The second-order valence-corrected chi connectivity index (χ2v) is 8.11. The molecule has 0 radical (unpaired) electrons. The Bertz CT molecular complexity index is 1490. The highest BCUT2D eigenvalue weighted by Gasteiger charge is 2.31. The van der Waals surface area contributed by atoms with Gasteiger partial charge in [0.1, 0.15) is 12.1 Å². The summed E-state index contributed by atoms with van der Waals surface area (Å²) >= 11 is 0. The van der Waals surface area contributed by atoms with Crippen molar-refractivity contribution >= 4 is 11.4 Å². The third-order valence-electron chi connectivity index (χ3n) is 5.49. The molecule has 4 nitrogen and oxygen atoms in total. The van der Waals surface area contributed by atoms with Crippen LogP contribution >= 0.6 is 0 Å². The van der Waals surface area contributed by atoms with E-state index in [9.17, 15) is 43.9 Å². The fourth-order valence-electron chi connectivity index (χ4n) is 3.49. The fraction of sp³-hybridized carbons (Fsp3) is 0.0714. The Kier molecular flexibility index (Phi) is 9.99. The maximum absolute atomic E-state index is 13.6. The molecule has 4 aromatic rings. The molecule has 0 aliphatic heterocycles. The number of nitrogens with one attached hydrogen (secondary N) is 2. The molecule has 0 heterocycles. The lowest BCUT2D eigenvalue weighted by molar-refractivity contribution is 0.369. The van der Waals surface area contributed by atoms with Crippen LogP contribution in [0, 0.1) is 80.8 Å². The van der Waals surface area contributed by atoms with Gasteiger partial charge in [-0.1, -0.05) is 36.4 Å². The monoisotopic (exact) mass is 596 g/mol. The number of anilines is 2. The number of nitriles is 2. The van der Waals surface area contributed by atoms with Crippen LogP contribution in [0.2, 0.25) is 0 Å². The van der Waals surface area contributed by atoms with E-state index in [4.69, 9.17) is 10.5 Å². The largest absolute Gasteiger partial charge is 0.366 e. The zero-order valence-corrected chi connectivity index (χ0v) is 20.6. The van der Waals surface area contributed by atoms with Crippen molar-refractivity contribution in [3.8, 4) is 12.1 Å². The SMILES string of the molecule is N#C[C@@H](Nc1ccccc1)c1c(F)c(F)c(F)c(F)c1F.N#C[C@@H](Nc1ccccc1)c1c(F)c(F)c(F)c(F)c1F. The first kappa shape index (κ1) is 31.3. The number of hydrogen-bond acceptors (Lipinski definition) is 4. The van der Waals surface area contributed by atoms with Crippen LogP contribution in [-0.2, 0) is 0 Å². The molecule has 0 aromatic heterocycles. The first-order chi connectivity index (χ1) is 19.9. The van der Waals surface area contributed by atoms with E-state index >= 15 is 0 Å². The molecule has 4 rings (SSSR count). The Balaban J connectivity index is 0.000000230. The molecule has 42 heavy (non-hydrogen) atoms. The van der Waals surface area contributed by atoms with Crippen molar-refractivity contribution in [2.45, 2.75) is 12.1 Å². The first-order valence-corrected chi connectivity index (χ1v) is 11.4. The topological polar surface area (TPSA) is 71.6 Å². The van der Waals surface area contributed by atoms with Gasteiger partial charge in [0.05, 0.1) is 23.3 Å². The minimum Gasteiger partial charge on any atom is -0.366 e. The summed E-state index contributed by atoms with van der Waals surface area (Å²) in [5, 5.41) is 22.7. The van der Waals surface area contributed by atoms with E-state index in [2.05, 4.69) is 10.6 Å².